The summed E-state index contributed by atoms with van der Waals surface area (Å²) in [5, 5.41) is 2.96. The molecular formula is C26H37N3O3. The third-order valence-corrected chi connectivity index (χ3v) is 8.45. The second kappa shape index (κ2) is 9.05. The zero-order valence-corrected chi connectivity index (χ0v) is 19.4. The van der Waals surface area contributed by atoms with E-state index in [1.807, 2.05) is 23.1 Å². The van der Waals surface area contributed by atoms with Gasteiger partial charge in [0.1, 0.15) is 5.75 Å². The molecule has 6 heteroatoms. The van der Waals surface area contributed by atoms with Crippen molar-refractivity contribution in [1.82, 2.24) is 15.1 Å². The van der Waals surface area contributed by atoms with Gasteiger partial charge in [-0.05, 0) is 67.8 Å². The van der Waals surface area contributed by atoms with E-state index in [2.05, 4.69) is 16.3 Å². The predicted molar refractivity (Wildman–Crippen MR) is 123 cm³/mol. The number of methoxy groups -OCH3 is 1. The minimum absolute atomic E-state index is 0.0424. The highest BCUT2D eigenvalue weighted by Crippen LogP contribution is 2.61. The van der Waals surface area contributed by atoms with Crippen molar-refractivity contribution in [3.63, 3.8) is 0 Å². The Bertz CT molecular complexity index is 811. The van der Waals surface area contributed by atoms with E-state index in [0.717, 1.165) is 43.1 Å². The van der Waals surface area contributed by atoms with Gasteiger partial charge in [0, 0.05) is 44.7 Å². The molecule has 5 aliphatic rings. The highest BCUT2D eigenvalue weighted by Gasteiger charge is 2.51. The van der Waals surface area contributed by atoms with E-state index in [9.17, 15) is 9.59 Å². The topological polar surface area (TPSA) is 61.9 Å². The molecule has 1 aromatic rings. The Balaban J connectivity index is 1.05. The van der Waals surface area contributed by atoms with Gasteiger partial charge in [-0.15, -0.1) is 0 Å². The van der Waals surface area contributed by atoms with E-state index in [0.29, 0.717) is 19.5 Å². The van der Waals surface area contributed by atoms with Crippen LogP contribution in [0.25, 0.3) is 0 Å². The molecule has 174 valence electrons. The zero-order chi connectivity index (χ0) is 22.1. The van der Waals surface area contributed by atoms with Gasteiger partial charge >= 0.3 is 0 Å². The first-order chi connectivity index (χ1) is 15.5. The fourth-order valence-electron chi connectivity index (χ4n) is 7.43. The van der Waals surface area contributed by atoms with Gasteiger partial charge in [-0.1, -0.05) is 18.2 Å². The van der Waals surface area contributed by atoms with Gasteiger partial charge in [0.2, 0.25) is 11.8 Å². The quantitative estimate of drug-likeness (QED) is 0.709. The number of nitrogens with one attached hydrogen (secondary N) is 1. The normalized spacial score (nSPS) is 31.5. The smallest absolute Gasteiger partial charge is 0.242 e. The molecule has 5 fully saturated rings. The molecule has 4 aliphatic carbocycles. The van der Waals surface area contributed by atoms with E-state index >= 15 is 0 Å². The SMILES string of the molecule is COc1ccccc1CN1CCN(C(=O)CNC(=O)CC23CC4CC(CC(C4)C2)C3)CC1. The first kappa shape index (κ1) is 21.7. The summed E-state index contributed by atoms with van der Waals surface area (Å²) in [7, 11) is 1.70. The number of ether oxygens (including phenoxy) is 1. The van der Waals surface area contributed by atoms with Gasteiger partial charge in [-0.25, -0.2) is 0 Å². The number of para-hydroxylation sites is 1. The van der Waals surface area contributed by atoms with Crippen LogP contribution >= 0.6 is 0 Å². The molecule has 4 saturated carbocycles. The number of benzene rings is 1. The molecule has 1 aliphatic heterocycles. The molecule has 0 aromatic heterocycles. The van der Waals surface area contributed by atoms with Crippen molar-refractivity contribution < 1.29 is 14.3 Å². The number of carbonyl (C=O) groups is 2. The molecule has 1 saturated heterocycles. The molecule has 0 unspecified atom stereocenters. The molecule has 1 heterocycles. The van der Waals surface area contributed by atoms with E-state index in [1.165, 1.54) is 44.1 Å². The Morgan fingerprint density at radius 1 is 1.00 bits per heavy atom. The fourth-order valence-corrected chi connectivity index (χ4v) is 7.43. The van der Waals surface area contributed by atoms with Crippen LogP contribution in [-0.2, 0) is 16.1 Å². The molecule has 6 rings (SSSR count). The molecule has 1 N–H and O–H groups in total. The summed E-state index contributed by atoms with van der Waals surface area (Å²) in [5.41, 5.74) is 1.40. The Morgan fingerprint density at radius 2 is 1.62 bits per heavy atom. The van der Waals surface area contributed by atoms with Crippen molar-refractivity contribution in [1.29, 1.82) is 0 Å². The largest absolute Gasteiger partial charge is 0.496 e. The van der Waals surface area contributed by atoms with Crippen molar-refractivity contribution >= 4 is 11.8 Å². The Labute approximate surface area is 191 Å². The fraction of sp³-hybridized carbons (Fsp3) is 0.692. The van der Waals surface area contributed by atoms with Gasteiger partial charge in [-0.3, -0.25) is 14.5 Å². The molecule has 4 bridgehead atoms. The lowest BCUT2D eigenvalue weighted by Gasteiger charge is -2.56. The number of nitrogens with zero attached hydrogens (tertiary/aromatic N) is 2. The van der Waals surface area contributed by atoms with Crippen molar-refractivity contribution in [2.45, 2.75) is 51.5 Å². The van der Waals surface area contributed by atoms with Crippen LogP contribution < -0.4 is 10.1 Å². The molecular weight excluding hydrogens is 402 g/mol. The lowest BCUT2D eigenvalue weighted by Crippen LogP contribution is -2.51. The lowest BCUT2D eigenvalue weighted by atomic mass is 9.49. The number of hydrogen-bond acceptors (Lipinski definition) is 4. The second-order valence-electron chi connectivity index (χ2n) is 10.8. The third-order valence-electron chi connectivity index (χ3n) is 8.45. The van der Waals surface area contributed by atoms with Gasteiger partial charge in [0.25, 0.3) is 0 Å². The summed E-state index contributed by atoms with van der Waals surface area (Å²) in [6, 6.07) is 8.09. The summed E-state index contributed by atoms with van der Waals surface area (Å²) < 4.78 is 5.46. The van der Waals surface area contributed by atoms with Crippen molar-refractivity contribution in [2.24, 2.45) is 23.2 Å². The Morgan fingerprint density at radius 3 is 2.25 bits per heavy atom. The number of rotatable bonds is 7. The van der Waals surface area contributed by atoms with Crippen LogP contribution in [0.1, 0.15) is 50.5 Å². The second-order valence-corrected chi connectivity index (χ2v) is 10.8. The lowest BCUT2D eigenvalue weighted by molar-refractivity contribution is -0.136. The van der Waals surface area contributed by atoms with Gasteiger partial charge < -0.3 is 15.0 Å². The van der Waals surface area contributed by atoms with Crippen molar-refractivity contribution in [3.05, 3.63) is 29.8 Å². The molecule has 1 aromatic carbocycles. The first-order valence-corrected chi connectivity index (χ1v) is 12.4. The van der Waals surface area contributed by atoms with Crippen LogP contribution in [-0.4, -0.2) is 61.4 Å². The van der Waals surface area contributed by atoms with Gasteiger partial charge in [-0.2, -0.15) is 0 Å². The molecule has 32 heavy (non-hydrogen) atoms. The van der Waals surface area contributed by atoms with E-state index < -0.39 is 0 Å². The van der Waals surface area contributed by atoms with Crippen LogP contribution in [0.4, 0.5) is 0 Å². The van der Waals surface area contributed by atoms with E-state index in [1.54, 1.807) is 7.11 Å². The highest BCUT2D eigenvalue weighted by molar-refractivity contribution is 5.85. The van der Waals surface area contributed by atoms with E-state index in [-0.39, 0.29) is 23.8 Å². The first-order valence-electron chi connectivity index (χ1n) is 12.4. The van der Waals surface area contributed by atoms with Crippen molar-refractivity contribution in [2.75, 3.05) is 39.8 Å². The number of piperazine rings is 1. The molecule has 6 nitrogen and oxygen atoms in total. The molecule has 2 amide bonds. The number of amides is 2. The predicted octanol–water partition coefficient (Wildman–Crippen LogP) is 3.06. The summed E-state index contributed by atoms with van der Waals surface area (Å²) in [5.74, 6) is 3.58. The summed E-state index contributed by atoms with van der Waals surface area (Å²) in [6.07, 6.45) is 8.49. The Kier molecular flexibility index (Phi) is 6.15. The maximum atomic E-state index is 12.7. The minimum atomic E-state index is 0.0424. The van der Waals surface area contributed by atoms with E-state index in [4.69, 9.17) is 4.74 Å². The van der Waals surface area contributed by atoms with Crippen LogP contribution in [0.5, 0.6) is 5.75 Å². The molecule has 0 atom stereocenters. The standard InChI is InChI=1S/C26H37N3O3/c1-32-23-5-3-2-4-22(23)18-28-6-8-29(9-7-28)25(31)17-27-24(30)16-26-13-19-10-20(14-26)12-21(11-19)15-26/h2-5,19-21H,6-18H2,1H3,(H,27,30). The van der Waals surface area contributed by atoms with Crippen LogP contribution in [0, 0.1) is 23.2 Å². The van der Waals surface area contributed by atoms with Gasteiger partial charge in [0.05, 0.1) is 13.7 Å². The maximum absolute atomic E-state index is 12.7. The minimum Gasteiger partial charge on any atom is -0.496 e. The Hall–Kier alpha value is -2.08. The van der Waals surface area contributed by atoms with Crippen LogP contribution in [0.15, 0.2) is 24.3 Å². The summed E-state index contributed by atoms with van der Waals surface area (Å²) in [4.78, 5) is 29.7. The number of hydrogen-bond donors (Lipinski definition) is 1. The van der Waals surface area contributed by atoms with Gasteiger partial charge in [0.15, 0.2) is 0 Å². The van der Waals surface area contributed by atoms with Crippen LogP contribution in [0.3, 0.4) is 0 Å². The molecule has 0 spiro atoms. The summed E-state index contributed by atoms with van der Waals surface area (Å²) >= 11 is 0. The zero-order valence-electron chi connectivity index (χ0n) is 19.4. The van der Waals surface area contributed by atoms with Crippen LogP contribution in [0.2, 0.25) is 0 Å². The number of carbonyl (C=O) groups excluding carboxylic acids is 2. The maximum Gasteiger partial charge on any atom is 0.242 e. The van der Waals surface area contributed by atoms with Crippen molar-refractivity contribution in [3.8, 4) is 5.75 Å². The average Bonchev–Trinajstić information content (AvgIpc) is 2.77. The third kappa shape index (κ3) is 4.66. The molecule has 0 radical (unpaired) electrons. The summed E-state index contributed by atoms with van der Waals surface area (Å²) in [6.45, 7) is 4.05. The monoisotopic (exact) mass is 439 g/mol. The average molecular weight is 440 g/mol. The highest BCUT2D eigenvalue weighted by atomic mass is 16.5.